The largest absolute Gasteiger partial charge is 0.480 e. The number of aryl methyl sites for hydroxylation is 1. The van der Waals surface area contributed by atoms with Crippen LogP contribution in [0, 0.1) is 6.92 Å². The van der Waals surface area contributed by atoms with Crippen LogP contribution in [-0.4, -0.2) is 40.1 Å². The first-order valence-electron chi connectivity index (χ1n) is 8.04. The summed E-state index contributed by atoms with van der Waals surface area (Å²) in [5, 5.41) is 3.85. The van der Waals surface area contributed by atoms with E-state index in [1.807, 2.05) is 36.1 Å². The molecule has 2 aliphatic heterocycles. The molecule has 1 fully saturated rings. The molecule has 0 saturated carbocycles. The van der Waals surface area contributed by atoms with Crippen LogP contribution < -0.4 is 4.74 Å². The van der Waals surface area contributed by atoms with E-state index >= 15 is 0 Å². The predicted molar refractivity (Wildman–Crippen MR) is 82.2 cm³/mol. The van der Waals surface area contributed by atoms with Crippen molar-refractivity contribution in [3.8, 4) is 5.75 Å². The first kappa shape index (κ1) is 14.2. The lowest BCUT2D eigenvalue weighted by Crippen LogP contribution is -2.46. The Hall–Kier alpha value is -2.37. The van der Waals surface area contributed by atoms with Gasteiger partial charge >= 0.3 is 0 Å². The third-order valence-corrected chi connectivity index (χ3v) is 4.55. The fourth-order valence-corrected chi connectivity index (χ4v) is 3.38. The van der Waals surface area contributed by atoms with Gasteiger partial charge in [-0.05, 0) is 31.4 Å². The highest BCUT2D eigenvalue weighted by molar-refractivity contribution is 5.82. The number of hydrogen-bond acceptors (Lipinski definition) is 5. The highest BCUT2D eigenvalue weighted by Crippen LogP contribution is 2.31. The van der Waals surface area contributed by atoms with E-state index < -0.39 is 6.10 Å². The van der Waals surface area contributed by atoms with E-state index in [1.165, 1.54) is 0 Å². The molecule has 120 valence electrons. The van der Waals surface area contributed by atoms with E-state index in [0.29, 0.717) is 24.7 Å². The Labute approximate surface area is 134 Å². The van der Waals surface area contributed by atoms with Crippen molar-refractivity contribution in [2.24, 2.45) is 0 Å². The lowest BCUT2D eigenvalue weighted by atomic mass is 9.97. The standard InChI is InChI=1S/C17H19N3O3/c1-11-18-16(23-19-11)13-6-4-8-20(10-13)17(21)15-9-12-5-2-3-7-14(12)22-15/h2-3,5,7,13,15H,4,6,8-10H2,1H3. The molecule has 23 heavy (non-hydrogen) atoms. The molecule has 0 radical (unpaired) electrons. The second-order valence-corrected chi connectivity index (χ2v) is 6.22. The van der Waals surface area contributed by atoms with Crippen LogP contribution in [0.4, 0.5) is 0 Å². The van der Waals surface area contributed by atoms with Gasteiger partial charge in [0.15, 0.2) is 11.9 Å². The van der Waals surface area contributed by atoms with Crippen molar-refractivity contribution >= 4 is 5.91 Å². The van der Waals surface area contributed by atoms with Gasteiger partial charge < -0.3 is 14.2 Å². The normalized spacial score (nSPS) is 23.4. The number of benzene rings is 1. The molecule has 0 spiro atoms. The van der Waals surface area contributed by atoms with Crippen LogP contribution in [0.3, 0.4) is 0 Å². The lowest BCUT2D eigenvalue weighted by Gasteiger charge is -2.32. The topological polar surface area (TPSA) is 68.5 Å². The molecule has 1 aromatic carbocycles. The minimum absolute atomic E-state index is 0.0575. The number of rotatable bonds is 2. The van der Waals surface area contributed by atoms with E-state index in [0.717, 1.165) is 30.7 Å². The van der Waals surface area contributed by atoms with Crippen molar-refractivity contribution in [3.05, 3.63) is 41.5 Å². The minimum atomic E-state index is -0.407. The summed E-state index contributed by atoms with van der Waals surface area (Å²) < 4.78 is 11.1. The van der Waals surface area contributed by atoms with Gasteiger partial charge in [-0.3, -0.25) is 4.79 Å². The number of amides is 1. The third kappa shape index (κ3) is 2.69. The zero-order valence-electron chi connectivity index (χ0n) is 13.1. The van der Waals surface area contributed by atoms with E-state index in [1.54, 1.807) is 0 Å². The lowest BCUT2D eigenvalue weighted by molar-refractivity contribution is -0.139. The number of ether oxygens (including phenoxy) is 1. The molecule has 4 rings (SSSR count). The maximum Gasteiger partial charge on any atom is 0.264 e. The van der Waals surface area contributed by atoms with Gasteiger partial charge in [0.1, 0.15) is 5.75 Å². The van der Waals surface area contributed by atoms with Crippen molar-refractivity contribution in [2.45, 2.75) is 38.2 Å². The Balaban J connectivity index is 1.45. The zero-order valence-corrected chi connectivity index (χ0v) is 13.1. The average Bonchev–Trinajstić information content (AvgIpc) is 3.20. The van der Waals surface area contributed by atoms with Crippen molar-refractivity contribution in [1.29, 1.82) is 0 Å². The number of hydrogen-bond donors (Lipinski definition) is 0. The quantitative estimate of drug-likeness (QED) is 0.849. The molecule has 0 N–H and O–H groups in total. The Bertz CT molecular complexity index is 702. The monoisotopic (exact) mass is 313 g/mol. The molecular formula is C17H19N3O3. The van der Waals surface area contributed by atoms with Crippen molar-refractivity contribution in [2.75, 3.05) is 13.1 Å². The Kier molecular flexibility index (Phi) is 3.52. The van der Waals surface area contributed by atoms with Gasteiger partial charge in [0.25, 0.3) is 5.91 Å². The fraction of sp³-hybridized carbons (Fsp3) is 0.471. The summed E-state index contributed by atoms with van der Waals surface area (Å²) in [7, 11) is 0. The molecule has 2 aromatic rings. The number of fused-ring (bicyclic) bond motifs is 1. The number of aromatic nitrogens is 2. The van der Waals surface area contributed by atoms with Gasteiger partial charge in [-0.25, -0.2) is 0 Å². The molecule has 0 bridgehead atoms. The number of likely N-dealkylation sites (tertiary alicyclic amines) is 1. The number of carbonyl (C=O) groups is 1. The number of para-hydroxylation sites is 1. The molecule has 2 aliphatic rings. The second-order valence-electron chi connectivity index (χ2n) is 6.22. The molecule has 1 amide bonds. The van der Waals surface area contributed by atoms with Crippen molar-refractivity contribution < 1.29 is 14.1 Å². The SMILES string of the molecule is Cc1noc(C2CCCN(C(=O)C3Cc4ccccc4O3)C2)n1. The molecular weight excluding hydrogens is 294 g/mol. The summed E-state index contributed by atoms with van der Waals surface area (Å²) in [4.78, 5) is 19.0. The summed E-state index contributed by atoms with van der Waals surface area (Å²) in [5.41, 5.74) is 1.10. The maximum absolute atomic E-state index is 12.8. The van der Waals surface area contributed by atoms with Crippen LogP contribution in [0.25, 0.3) is 0 Å². The van der Waals surface area contributed by atoms with Crippen LogP contribution in [-0.2, 0) is 11.2 Å². The first-order chi connectivity index (χ1) is 11.2. The summed E-state index contributed by atoms with van der Waals surface area (Å²) in [6, 6.07) is 7.84. The van der Waals surface area contributed by atoms with Crippen LogP contribution >= 0.6 is 0 Å². The number of carbonyl (C=O) groups excluding carboxylic acids is 1. The molecule has 1 aromatic heterocycles. The van der Waals surface area contributed by atoms with Gasteiger partial charge in [-0.2, -0.15) is 4.98 Å². The molecule has 2 unspecified atom stereocenters. The highest BCUT2D eigenvalue weighted by atomic mass is 16.5. The minimum Gasteiger partial charge on any atom is -0.480 e. The number of piperidine rings is 1. The molecule has 6 nitrogen and oxygen atoms in total. The van der Waals surface area contributed by atoms with Crippen LogP contribution in [0.1, 0.15) is 36.0 Å². The molecule has 1 saturated heterocycles. The smallest absolute Gasteiger partial charge is 0.264 e. The first-order valence-corrected chi connectivity index (χ1v) is 8.04. The summed E-state index contributed by atoms with van der Waals surface area (Å²) >= 11 is 0. The van der Waals surface area contributed by atoms with Gasteiger partial charge in [-0.15, -0.1) is 0 Å². The molecule has 6 heteroatoms. The molecule has 0 aliphatic carbocycles. The summed E-state index contributed by atoms with van der Waals surface area (Å²) in [6.45, 7) is 3.19. The van der Waals surface area contributed by atoms with Gasteiger partial charge in [0.05, 0.1) is 5.92 Å². The van der Waals surface area contributed by atoms with E-state index in [4.69, 9.17) is 9.26 Å². The van der Waals surface area contributed by atoms with Crippen LogP contribution in [0.2, 0.25) is 0 Å². The van der Waals surface area contributed by atoms with Crippen LogP contribution in [0.5, 0.6) is 5.75 Å². The third-order valence-electron chi connectivity index (χ3n) is 4.55. The average molecular weight is 313 g/mol. The van der Waals surface area contributed by atoms with Crippen molar-refractivity contribution in [1.82, 2.24) is 15.0 Å². The number of nitrogens with zero attached hydrogens (tertiary/aromatic N) is 3. The van der Waals surface area contributed by atoms with Gasteiger partial charge in [-0.1, -0.05) is 23.4 Å². The summed E-state index contributed by atoms with van der Waals surface area (Å²) in [5.74, 6) is 2.28. The molecule has 3 heterocycles. The summed E-state index contributed by atoms with van der Waals surface area (Å²) in [6.07, 6.45) is 2.15. The van der Waals surface area contributed by atoms with Crippen LogP contribution in [0.15, 0.2) is 28.8 Å². The van der Waals surface area contributed by atoms with Gasteiger partial charge in [0.2, 0.25) is 5.89 Å². The van der Waals surface area contributed by atoms with E-state index in [2.05, 4.69) is 10.1 Å². The second kappa shape index (κ2) is 5.68. The van der Waals surface area contributed by atoms with Crippen molar-refractivity contribution in [3.63, 3.8) is 0 Å². The van der Waals surface area contributed by atoms with E-state index in [9.17, 15) is 4.79 Å². The van der Waals surface area contributed by atoms with E-state index in [-0.39, 0.29) is 11.8 Å². The maximum atomic E-state index is 12.8. The Morgan fingerprint density at radius 3 is 3.00 bits per heavy atom. The predicted octanol–water partition coefficient (Wildman–Crippen LogP) is 2.09. The fourth-order valence-electron chi connectivity index (χ4n) is 3.38. The Morgan fingerprint density at radius 2 is 2.22 bits per heavy atom. The zero-order chi connectivity index (χ0) is 15.8. The van der Waals surface area contributed by atoms with Gasteiger partial charge in [0, 0.05) is 19.5 Å². The highest BCUT2D eigenvalue weighted by Gasteiger charge is 2.35. The molecule has 2 atom stereocenters. The Morgan fingerprint density at radius 1 is 1.35 bits per heavy atom.